The number of aryl methyl sites for hydroxylation is 1. The monoisotopic (exact) mass is 191 g/mol. The molecular weight excluding hydrogens is 185 g/mol. The zero-order chi connectivity index (χ0) is 9.97. The molecule has 0 unspecified atom stereocenters. The van der Waals surface area contributed by atoms with Crippen LogP contribution in [0.4, 0.5) is 4.39 Å². The lowest BCUT2D eigenvalue weighted by Gasteiger charge is -1.98. The molecule has 2 aromatic heterocycles. The first-order valence-electron chi connectivity index (χ1n) is 3.91. The van der Waals surface area contributed by atoms with E-state index in [0.717, 1.165) is 6.20 Å². The molecule has 0 aliphatic heterocycles. The molecule has 0 aliphatic rings. The van der Waals surface area contributed by atoms with Crippen molar-refractivity contribution in [1.29, 1.82) is 0 Å². The highest BCUT2D eigenvalue weighted by Gasteiger charge is 2.07. The molecule has 0 spiro atoms. The van der Waals surface area contributed by atoms with Crippen molar-refractivity contribution in [2.45, 2.75) is 6.92 Å². The zero-order valence-electron chi connectivity index (χ0n) is 7.35. The minimum absolute atomic E-state index is 0.163. The molecule has 0 N–H and O–H groups in total. The second-order valence-electron chi connectivity index (χ2n) is 2.63. The predicted molar refractivity (Wildman–Crippen MR) is 45.5 cm³/mol. The Hall–Kier alpha value is -1.98. The highest BCUT2D eigenvalue weighted by Crippen LogP contribution is 2.15. The number of aromatic nitrogens is 5. The Morgan fingerprint density at radius 3 is 2.50 bits per heavy atom. The Balaban J connectivity index is 2.50. The smallest absolute Gasteiger partial charge is 0.206 e. The number of halogens is 1. The summed E-state index contributed by atoms with van der Waals surface area (Å²) >= 11 is 0. The van der Waals surface area contributed by atoms with Crippen LogP contribution < -0.4 is 0 Å². The molecule has 2 aromatic rings. The van der Waals surface area contributed by atoms with Gasteiger partial charge in [0.05, 0.1) is 11.8 Å². The summed E-state index contributed by atoms with van der Waals surface area (Å²) in [5.74, 6) is 0.124. The molecule has 2 heterocycles. The lowest BCUT2D eigenvalue weighted by molar-refractivity contribution is 0.621. The maximum atomic E-state index is 13.2. The van der Waals surface area contributed by atoms with Gasteiger partial charge in [0.2, 0.25) is 5.82 Å². The molecular formula is C8H6FN5. The summed E-state index contributed by atoms with van der Waals surface area (Å²) < 4.78 is 13.2. The maximum Gasteiger partial charge on any atom is 0.206 e. The van der Waals surface area contributed by atoms with Crippen LogP contribution in [0, 0.1) is 12.7 Å². The van der Waals surface area contributed by atoms with Crippen LogP contribution in [0.1, 0.15) is 5.82 Å². The Morgan fingerprint density at radius 1 is 1.14 bits per heavy atom. The number of hydrogen-bond donors (Lipinski definition) is 0. The Kier molecular flexibility index (Phi) is 2.10. The van der Waals surface area contributed by atoms with E-state index in [1.165, 1.54) is 12.3 Å². The van der Waals surface area contributed by atoms with Gasteiger partial charge in [0.1, 0.15) is 0 Å². The van der Waals surface area contributed by atoms with E-state index in [1.807, 2.05) is 0 Å². The molecule has 70 valence electrons. The fourth-order valence-corrected chi connectivity index (χ4v) is 0.944. The molecule has 0 atom stereocenters. The third-order valence-corrected chi connectivity index (χ3v) is 1.59. The molecule has 0 saturated carbocycles. The van der Waals surface area contributed by atoms with Gasteiger partial charge in [-0.15, -0.1) is 20.4 Å². The van der Waals surface area contributed by atoms with Crippen LogP contribution in [0.25, 0.3) is 11.4 Å². The van der Waals surface area contributed by atoms with Gasteiger partial charge in [-0.25, -0.2) is 4.39 Å². The van der Waals surface area contributed by atoms with Crippen molar-refractivity contribution < 1.29 is 4.39 Å². The van der Waals surface area contributed by atoms with Gasteiger partial charge in [-0.1, -0.05) is 0 Å². The van der Waals surface area contributed by atoms with Crippen molar-refractivity contribution >= 4 is 0 Å². The number of nitrogens with zero attached hydrogens (tertiary/aromatic N) is 5. The topological polar surface area (TPSA) is 64.5 Å². The average Bonchev–Trinajstić information content (AvgIpc) is 2.20. The van der Waals surface area contributed by atoms with E-state index in [2.05, 4.69) is 25.4 Å². The normalized spacial score (nSPS) is 10.1. The molecule has 5 nitrogen and oxygen atoms in total. The van der Waals surface area contributed by atoms with Gasteiger partial charge in [-0.2, -0.15) is 0 Å². The average molecular weight is 191 g/mol. The predicted octanol–water partition coefficient (Wildman–Crippen LogP) is 0.776. The van der Waals surface area contributed by atoms with E-state index in [-0.39, 0.29) is 11.4 Å². The van der Waals surface area contributed by atoms with Crippen molar-refractivity contribution in [3.05, 3.63) is 30.1 Å². The summed E-state index contributed by atoms with van der Waals surface area (Å²) in [4.78, 5) is 3.62. The van der Waals surface area contributed by atoms with Crippen LogP contribution in [0.5, 0.6) is 0 Å². The maximum absolute atomic E-state index is 13.2. The minimum atomic E-state index is -0.486. The third kappa shape index (κ3) is 1.54. The van der Waals surface area contributed by atoms with Gasteiger partial charge in [-0.3, -0.25) is 4.98 Å². The fourth-order valence-electron chi connectivity index (χ4n) is 0.944. The first-order chi connectivity index (χ1) is 6.77. The van der Waals surface area contributed by atoms with E-state index in [9.17, 15) is 4.39 Å². The highest BCUT2D eigenvalue weighted by atomic mass is 19.1. The molecule has 0 amide bonds. The van der Waals surface area contributed by atoms with Crippen LogP contribution in [-0.4, -0.2) is 25.4 Å². The zero-order valence-corrected chi connectivity index (χ0v) is 7.35. The van der Waals surface area contributed by atoms with E-state index in [4.69, 9.17) is 0 Å². The molecule has 14 heavy (non-hydrogen) atoms. The fraction of sp³-hybridized carbons (Fsp3) is 0.125. The van der Waals surface area contributed by atoms with Gasteiger partial charge < -0.3 is 0 Å². The summed E-state index contributed by atoms with van der Waals surface area (Å²) in [6, 6.07) is 1.48. The molecule has 0 bridgehead atoms. The summed E-state index contributed by atoms with van der Waals surface area (Å²) in [5.41, 5.74) is 0.250. The molecule has 0 fully saturated rings. The number of hydrogen-bond acceptors (Lipinski definition) is 5. The van der Waals surface area contributed by atoms with Crippen LogP contribution in [0.3, 0.4) is 0 Å². The van der Waals surface area contributed by atoms with Crippen molar-refractivity contribution in [1.82, 2.24) is 25.4 Å². The molecule has 0 radical (unpaired) electrons. The van der Waals surface area contributed by atoms with Crippen molar-refractivity contribution in [3.8, 4) is 11.4 Å². The van der Waals surface area contributed by atoms with Crippen LogP contribution in [0.15, 0.2) is 18.5 Å². The van der Waals surface area contributed by atoms with E-state index in [0.29, 0.717) is 5.82 Å². The second kappa shape index (κ2) is 3.41. The molecule has 2 rings (SSSR count). The molecule has 0 aromatic carbocycles. The first kappa shape index (κ1) is 8.61. The van der Waals surface area contributed by atoms with E-state index < -0.39 is 5.82 Å². The molecule has 0 aliphatic carbocycles. The lowest BCUT2D eigenvalue weighted by atomic mass is 10.2. The quantitative estimate of drug-likeness (QED) is 0.666. The summed E-state index contributed by atoms with van der Waals surface area (Å²) in [7, 11) is 0. The van der Waals surface area contributed by atoms with Gasteiger partial charge in [0.25, 0.3) is 0 Å². The van der Waals surface area contributed by atoms with Crippen LogP contribution >= 0.6 is 0 Å². The van der Waals surface area contributed by atoms with Gasteiger partial charge >= 0.3 is 0 Å². The van der Waals surface area contributed by atoms with Gasteiger partial charge in [0.15, 0.2) is 11.6 Å². The van der Waals surface area contributed by atoms with Crippen molar-refractivity contribution in [2.24, 2.45) is 0 Å². The SMILES string of the molecule is Cc1nnc(-c2ccncc2F)nn1. The summed E-state index contributed by atoms with van der Waals surface area (Å²) in [6.07, 6.45) is 2.56. The van der Waals surface area contributed by atoms with Crippen LogP contribution in [-0.2, 0) is 0 Å². The standard InChI is InChI=1S/C8H6FN5/c1-5-11-13-8(14-12-5)6-2-3-10-4-7(6)9/h2-4H,1H3. The summed E-state index contributed by atoms with van der Waals surface area (Å²) in [6.45, 7) is 1.66. The molecule has 6 heteroatoms. The van der Waals surface area contributed by atoms with Crippen LogP contribution in [0.2, 0.25) is 0 Å². The first-order valence-corrected chi connectivity index (χ1v) is 3.91. The summed E-state index contributed by atoms with van der Waals surface area (Å²) in [5, 5.41) is 14.8. The number of rotatable bonds is 1. The highest BCUT2D eigenvalue weighted by molar-refractivity contribution is 5.53. The van der Waals surface area contributed by atoms with E-state index in [1.54, 1.807) is 6.92 Å². The Morgan fingerprint density at radius 2 is 1.86 bits per heavy atom. The third-order valence-electron chi connectivity index (χ3n) is 1.59. The van der Waals surface area contributed by atoms with E-state index >= 15 is 0 Å². The number of pyridine rings is 1. The Labute approximate surface area is 79.1 Å². The Bertz CT molecular complexity index is 442. The lowest BCUT2D eigenvalue weighted by Crippen LogP contribution is -2.00. The van der Waals surface area contributed by atoms with Gasteiger partial charge in [-0.05, 0) is 13.0 Å². The second-order valence-corrected chi connectivity index (χ2v) is 2.63. The van der Waals surface area contributed by atoms with Crippen molar-refractivity contribution in [2.75, 3.05) is 0 Å². The largest absolute Gasteiger partial charge is 0.262 e. The molecule has 0 saturated heterocycles. The van der Waals surface area contributed by atoms with Gasteiger partial charge in [0, 0.05) is 6.20 Å². The van der Waals surface area contributed by atoms with Crippen molar-refractivity contribution in [3.63, 3.8) is 0 Å². The minimum Gasteiger partial charge on any atom is -0.262 e.